The molecule has 1 amide bonds. The first kappa shape index (κ1) is 37.2. The van der Waals surface area contributed by atoms with E-state index in [1.807, 2.05) is 0 Å². The first-order chi connectivity index (χ1) is 17.1. The predicted octanol–water partition coefficient (Wildman–Crippen LogP) is 6.68. The summed E-state index contributed by atoms with van der Waals surface area (Å²) in [6.07, 6.45) is 26.4. The Labute approximate surface area is 220 Å². The quantitative estimate of drug-likeness (QED) is 0.0641. The molecule has 0 aromatic heterocycles. The maximum absolute atomic E-state index is 10.4. The molecule has 0 aromatic carbocycles. The fraction of sp³-hybridized carbons (Fsp3) is 0.926. The van der Waals surface area contributed by atoms with E-state index >= 15 is 0 Å². The SMILES string of the molecule is CCCCCCCCCCCCCCCCCCCCCCCC(=O)O.NC(=O)C(O)CP(=O)(O)O. The first-order valence-corrected chi connectivity index (χ1v) is 16.1. The van der Waals surface area contributed by atoms with E-state index in [1.165, 1.54) is 122 Å². The lowest BCUT2D eigenvalue weighted by molar-refractivity contribution is -0.137. The van der Waals surface area contributed by atoms with Gasteiger partial charge in [-0.1, -0.05) is 135 Å². The van der Waals surface area contributed by atoms with Crippen LogP contribution in [0.3, 0.4) is 0 Å². The topological polar surface area (TPSA) is 158 Å². The number of rotatable bonds is 25. The third-order valence-corrected chi connectivity index (χ3v) is 7.05. The summed E-state index contributed by atoms with van der Waals surface area (Å²) in [5.74, 6) is -1.79. The van der Waals surface area contributed by atoms with Crippen molar-refractivity contribution in [2.75, 3.05) is 6.16 Å². The molecule has 9 heteroatoms. The van der Waals surface area contributed by atoms with Crippen LogP contribution in [-0.4, -0.2) is 44.1 Å². The summed E-state index contributed by atoms with van der Waals surface area (Å²) in [6, 6.07) is 0. The van der Waals surface area contributed by atoms with Crippen molar-refractivity contribution in [2.24, 2.45) is 5.73 Å². The summed E-state index contributed by atoms with van der Waals surface area (Å²) in [6.45, 7) is 2.29. The molecule has 0 aliphatic rings. The largest absolute Gasteiger partial charge is 0.481 e. The normalized spacial score (nSPS) is 12.1. The number of amides is 1. The van der Waals surface area contributed by atoms with E-state index in [1.54, 1.807) is 0 Å². The number of unbranched alkanes of at least 4 members (excludes halogenated alkanes) is 20. The second-order valence-corrected chi connectivity index (χ2v) is 11.7. The van der Waals surface area contributed by atoms with Crippen molar-refractivity contribution in [1.29, 1.82) is 0 Å². The minimum absolute atomic E-state index is 0.346. The molecular weight excluding hydrogens is 481 g/mol. The van der Waals surface area contributed by atoms with Crippen molar-refractivity contribution in [3.8, 4) is 0 Å². The van der Waals surface area contributed by atoms with Gasteiger partial charge in [-0.05, 0) is 6.42 Å². The van der Waals surface area contributed by atoms with Crippen molar-refractivity contribution in [1.82, 2.24) is 0 Å². The molecule has 0 heterocycles. The maximum Gasteiger partial charge on any atom is 0.328 e. The molecular formula is C27H56NO7P. The lowest BCUT2D eigenvalue weighted by Gasteiger charge is -2.06. The number of carbonyl (C=O) groups excluding carboxylic acids is 1. The summed E-state index contributed by atoms with van der Waals surface area (Å²) in [4.78, 5) is 36.8. The molecule has 0 saturated heterocycles. The molecule has 0 aliphatic heterocycles. The predicted molar refractivity (Wildman–Crippen MR) is 147 cm³/mol. The lowest BCUT2D eigenvalue weighted by atomic mass is 10.0. The Morgan fingerprint density at radius 3 is 1.11 bits per heavy atom. The molecule has 216 valence electrons. The molecule has 0 fully saturated rings. The van der Waals surface area contributed by atoms with Gasteiger partial charge in [-0.2, -0.15) is 0 Å². The summed E-state index contributed by atoms with van der Waals surface area (Å²) < 4.78 is 10.1. The number of primary amides is 1. The van der Waals surface area contributed by atoms with E-state index in [2.05, 4.69) is 12.7 Å². The maximum atomic E-state index is 10.4. The van der Waals surface area contributed by atoms with Crippen molar-refractivity contribution >= 4 is 19.5 Å². The van der Waals surface area contributed by atoms with Gasteiger partial charge < -0.3 is 25.7 Å². The van der Waals surface area contributed by atoms with Gasteiger partial charge in [0.25, 0.3) is 0 Å². The Morgan fingerprint density at radius 1 is 0.639 bits per heavy atom. The molecule has 0 aromatic rings. The minimum atomic E-state index is -4.33. The number of aliphatic carboxylic acids is 1. The van der Waals surface area contributed by atoms with E-state index < -0.39 is 31.7 Å². The molecule has 0 spiro atoms. The number of hydrogen-bond acceptors (Lipinski definition) is 4. The highest BCUT2D eigenvalue weighted by Gasteiger charge is 2.23. The highest BCUT2D eigenvalue weighted by atomic mass is 31.2. The van der Waals surface area contributed by atoms with Crippen LogP contribution in [0.1, 0.15) is 148 Å². The Hall–Kier alpha value is -0.950. The number of hydrogen-bond donors (Lipinski definition) is 5. The molecule has 8 nitrogen and oxygen atoms in total. The number of carboxylic acids is 1. The van der Waals surface area contributed by atoms with Crippen LogP contribution in [-0.2, 0) is 14.2 Å². The van der Waals surface area contributed by atoms with Crippen molar-refractivity contribution in [3.05, 3.63) is 0 Å². The Balaban J connectivity index is 0. The molecule has 0 radical (unpaired) electrons. The standard InChI is InChI=1S/C24H48O2.C3H8NO5P/c1-2-3-4-5-6-7-8-9-10-11-12-13-14-15-16-17-18-19-20-21-22-23-24(25)26;4-3(6)2(5)1-10(7,8)9/h2-23H2,1H3,(H,25,26);2,5H,1H2,(H2,4,6)(H2,7,8,9). The number of carboxylic acid groups (broad SMARTS) is 1. The van der Waals surface area contributed by atoms with E-state index in [0.29, 0.717) is 6.42 Å². The molecule has 1 unspecified atom stereocenters. The second-order valence-electron chi connectivity index (χ2n) is 9.98. The molecule has 36 heavy (non-hydrogen) atoms. The summed E-state index contributed by atoms with van der Waals surface area (Å²) in [5.41, 5.74) is 4.51. The number of carbonyl (C=O) groups is 2. The highest BCUT2D eigenvalue weighted by Crippen LogP contribution is 2.34. The summed E-state index contributed by atoms with van der Waals surface area (Å²) in [7, 11) is -4.33. The minimum Gasteiger partial charge on any atom is -0.481 e. The average molecular weight is 538 g/mol. The van der Waals surface area contributed by atoms with Crippen LogP contribution in [0.15, 0.2) is 0 Å². The van der Waals surface area contributed by atoms with Gasteiger partial charge in [-0.3, -0.25) is 14.2 Å². The Bertz CT molecular complexity index is 554. The lowest BCUT2D eigenvalue weighted by Crippen LogP contribution is -2.31. The van der Waals surface area contributed by atoms with Gasteiger partial charge in [-0.15, -0.1) is 0 Å². The van der Waals surface area contributed by atoms with Crippen LogP contribution in [0, 0.1) is 0 Å². The van der Waals surface area contributed by atoms with Crippen LogP contribution < -0.4 is 5.73 Å². The van der Waals surface area contributed by atoms with Crippen molar-refractivity contribution < 1.29 is 34.2 Å². The monoisotopic (exact) mass is 537 g/mol. The molecule has 0 aliphatic carbocycles. The first-order valence-electron chi connectivity index (χ1n) is 14.3. The molecule has 1 atom stereocenters. The molecule has 0 saturated carbocycles. The Morgan fingerprint density at radius 2 is 0.917 bits per heavy atom. The van der Waals surface area contributed by atoms with Gasteiger partial charge in [0.1, 0.15) is 6.10 Å². The zero-order valence-electron chi connectivity index (χ0n) is 22.9. The van der Waals surface area contributed by atoms with Gasteiger partial charge in [0.15, 0.2) is 0 Å². The fourth-order valence-electron chi connectivity index (χ4n) is 4.02. The van der Waals surface area contributed by atoms with E-state index in [-0.39, 0.29) is 0 Å². The van der Waals surface area contributed by atoms with Crippen molar-refractivity contribution in [3.63, 3.8) is 0 Å². The van der Waals surface area contributed by atoms with Gasteiger partial charge in [0, 0.05) is 6.42 Å². The van der Waals surface area contributed by atoms with Gasteiger partial charge >= 0.3 is 13.6 Å². The van der Waals surface area contributed by atoms with Gasteiger partial charge in [-0.25, -0.2) is 0 Å². The van der Waals surface area contributed by atoms with Crippen LogP contribution in [0.25, 0.3) is 0 Å². The second kappa shape index (κ2) is 27.1. The van der Waals surface area contributed by atoms with Crippen molar-refractivity contribution in [2.45, 2.75) is 154 Å². The third kappa shape index (κ3) is 35.2. The highest BCUT2D eigenvalue weighted by molar-refractivity contribution is 7.51. The molecule has 6 N–H and O–H groups in total. The van der Waals surface area contributed by atoms with E-state index in [9.17, 15) is 14.2 Å². The zero-order valence-corrected chi connectivity index (χ0v) is 23.8. The molecule has 0 rings (SSSR count). The zero-order chi connectivity index (χ0) is 27.5. The number of nitrogens with two attached hydrogens (primary N) is 1. The number of aliphatic hydroxyl groups is 1. The summed E-state index contributed by atoms with van der Waals surface area (Å²) >= 11 is 0. The van der Waals surface area contributed by atoms with Crippen LogP contribution in [0.5, 0.6) is 0 Å². The Kier molecular flexibility index (Phi) is 28.0. The van der Waals surface area contributed by atoms with Crippen LogP contribution >= 0.6 is 7.60 Å². The summed E-state index contributed by atoms with van der Waals surface area (Å²) in [5, 5.41) is 17.1. The third-order valence-electron chi connectivity index (χ3n) is 6.23. The van der Waals surface area contributed by atoms with Crippen LogP contribution in [0.2, 0.25) is 0 Å². The van der Waals surface area contributed by atoms with Gasteiger partial charge in [0.05, 0.1) is 6.16 Å². The van der Waals surface area contributed by atoms with Gasteiger partial charge in [0.2, 0.25) is 5.91 Å². The molecule has 0 bridgehead atoms. The average Bonchev–Trinajstić information content (AvgIpc) is 2.79. The number of aliphatic hydroxyl groups excluding tert-OH is 1. The van der Waals surface area contributed by atoms with Crippen LogP contribution in [0.4, 0.5) is 0 Å². The van der Waals surface area contributed by atoms with E-state index in [0.717, 1.165) is 12.8 Å². The smallest absolute Gasteiger partial charge is 0.328 e. The fourth-order valence-corrected chi connectivity index (χ4v) is 4.65. The van der Waals surface area contributed by atoms with E-state index in [4.69, 9.17) is 20.0 Å².